The van der Waals surface area contributed by atoms with Crippen LogP contribution in [0.5, 0.6) is 0 Å². The van der Waals surface area contributed by atoms with Gasteiger partial charge in [0.25, 0.3) is 0 Å². The third-order valence-corrected chi connectivity index (χ3v) is 15.3. The third kappa shape index (κ3) is 7.37. The Balaban J connectivity index is 0.946. The summed E-state index contributed by atoms with van der Waals surface area (Å²) in [5, 5.41) is 0. The number of rotatable bonds is 11. The zero-order valence-electron chi connectivity index (χ0n) is 39.0. The number of hydrogen-bond acceptors (Lipinski definition) is 3. The van der Waals surface area contributed by atoms with Crippen LogP contribution in [0.4, 0.5) is 28.4 Å². The molecule has 0 saturated heterocycles. The van der Waals surface area contributed by atoms with Crippen molar-refractivity contribution < 1.29 is 0 Å². The second-order valence-corrected chi connectivity index (χ2v) is 20.3. The van der Waals surface area contributed by atoms with Crippen LogP contribution in [0.2, 0.25) is 0 Å². The summed E-state index contributed by atoms with van der Waals surface area (Å²) in [6, 6.07) is 59.8. The molecule has 322 valence electrons. The predicted octanol–water partition coefficient (Wildman–Crippen LogP) is 17.7. The molecule has 2 aliphatic carbocycles. The summed E-state index contributed by atoms with van der Waals surface area (Å²) >= 11 is 1.89. The molecule has 0 spiro atoms. The molecule has 0 amide bonds. The highest BCUT2D eigenvalue weighted by Crippen LogP contribution is 2.54. The maximum Gasteiger partial charge on any atom is 0.0554 e. The first-order chi connectivity index (χ1) is 31.3. The van der Waals surface area contributed by atoms with Crippen LogP contribution in [0.15, 0.2) is 183 Å². The number of anilines is 5. The fraction of sp³-hybridized carbons (Fsp3) is 0.194. The lowest BCUT2D eigenvalue weighted by Gasteiger charge is -2.33. The molecule has 0 saturated carbocycles. The van der Waals surface area contributed by atoms with E-state index in [-0.39, 0.29) is 16.9 Å². The molecule has 65 heavy (non-hydrogen) atoms. The molecule has 1 unspecified atom stereocenters. The normalized spacial score (nSPS) is 14.4. The van der Waals surface area contributed by atoms with Crippen molar-refractivity contribution in [2.24, 2.45) is 0 Å². The van der Waals surface area contributed by atoms with Crippen LogP contribution < -0.4 is 9.80 Å². The van der Waals surface area contributed by atoms with Crippen LogP contribution in [0.3, 0.4) is 0 Å². The molecule has 7 aromatic carbocycles. The maximum atomic E-state index is 4.28. The Morgan fingerprint density at radius 3 is 1.31 bits per heavy atom. The first kappa shape index (κ1) is 42.3. The summed E-state index contributed by atoms with van der Waals surface area (Å²) < 4.78 is 0. The van der Waals surface area contributed by atoms with Crippen LogP contribution in [-0.2, 0) is 10.8 Å². The number of benzene rings is 7. The van der Waals surface area contributed by atoms with Crippen molar-refractivity contribution in [3.05, 3.63) is 221 Å². The number of nitrogens with zero attached hydrogens (tertiary/aromatic N) is 2. The minimum Gasteiger partial charge on any atom is -0.334 e. The molecule has 0 bridgehead atoms. The summed E-state index contributed by atoms with van der Waals surface area (Å²) in [7, 11) is 0. The van der Waals surface area contributed by atoms with Crippen molar-refractivity contribution in [1.82, 2.24) is 0 Å². The van der Waals surface area contributed by atoms with Crippen LogP contribution >= 0.6 is 11.3 Å². The molecule has 3 heteroatoms. The van der Waals surface area contributed by atoms with E-state index >= 15 is 0 Å². The van der Waals surface area contributed by atoms with Gasteiger partial charge in [0.15, 0.2) is 0 Å². The molecule has 0 aliphatic heterocycles. The van der Waals surface area contributed by atoms with Crippen molar-refractivity contribution in [2.75, 3.05) is 9.80 Å². The quantitative estimate of drug-likeness (QED) is 0.120. The van der Waals surface area contributed by atoms with Crippen LogP contribution in [0, 0.1) is 20.8 Å². The standard InChI is InChI=1S/C62H58N2S/c1-10-12-13-45(11-2)63(46-22-14-40(3)15-23-46)49-28-32-53-51-30-20-43(36-55(51)61(6,7)57(53)38-49)59-34-35-60(65-59)44-21-31-52-54-33-29-50(39-58(54)62(8,9)56(52)37-44)64(47-24-16-41(4)17-25-47)48-26-18-42(5)19-27-48/h10-12,14-39,45H,2,13H2,1,3-9H3. The van der Waals surface area contributed by atoms with Crippen LogP contribution in [0.1, 0.15) is 80.0 Å². The van der Waals surface area contributed by atoms with Gasteiger partial charge in [-0.1, -0.05) is 135 Å². The summed E-state index contributed by atoms with van der Waals surface area (Å²) in [4.78, 5) is 7.42. The van der Waals surface area contributed by atoms with E-state index < -0.39 is 0 Å². The van der Waals surface area contributed by atoms with E-state index in [4.69, 9.17) is 0 Å². The lowest BCUT2D eigenvalue weighted by atomic mass is 9.81. The van der Waals surface area contributed by atoms with Crippen molar-refractivity contribution in [3.63, 3.8) is 0 Å². The average molecular weight is 863 g/mol. The minimum atomic E-state index is -0.167. The fourth-order valence-electron chi connectivity index (χ4n) is 10.3. The molecule has 8 aromatic rings. The van der Waals surface area contributed by atoms with E-state index in [0.717, 1.165) is 17.8 Å². The van der Waals surface area contributed by atoms with E-state index in [0.29, 0.717) is 0 Å². The molecule has 0 N–H and O–H groups in total. The maximum absolute atomic E-state index is 4.28. The highest BCUT2D eigenvalue weighted by Gasteiger charge is 2.38. The molecule has 0 fully saturated rings. The van der Waals surface area contributed by atoms with Gasteiger partial charge in [-0.15, -0.1) is 17.9 Å². The Bertz CT molecular complexity index is 3080. The third-order valence-electron chi connectivity index (χ3n) is 14.1. The van der Waals surface area contributed by atoms with Gasteiger partial charge in [0, 0.05) is 49.0 Å². The van der Waals surface area contributed by atoms with Gasteiger partial charge in [0.05, 0.1) is 6.04 Å². The molecule has 1 atom stereocenters. The van der Waals surface area contributed by atoms with E-state index in [1.54, 1.807) is 0 Å². The van der Waals surface area contributed by atoms with Gasteiger partial charge in [-0.2, -0.15) is 0 Å². The Morgan fingerprint density at radius 1 is 0.477 bits per heavy atom. The van der Waals surface area contributed by atoms with E-state index in [2.05, 4.69) is 248 Å². The SMILES string of the molecule is C=CC(CC=CC)N(c1ccc(C)cc1)c1ccc2c(c1)C(C)(C)c1cc(-c3ccc(-c4ccc5c(c4)C(C)(C)c4cc(N(c6ccc(C)cc6)c6ccc(C)cc6)ccc4-5)s3)ccc1-2. The Morgan fingerprint density at radius 2 is 0.862 bits per heavy atom. The van der Waals surface area contributed by atoms with Gasteiger partial charge in [-0.3, -0.25) is 0 Å². The Labute approximate surface area is 390 Å². The minimum absolute atomic E-state index is 0.128. The zero-order chi connectivity index (χ0) is 45.2. The molecule has 1 aromatic heterocycles. The van der Waals surface area contributed by atoms with Gasteiger partial charge >= 0.3 is 0 Å². The summed E-state index contributed by atoms with van der Waals surface area (Å²) in [5.74, 6) is 0. The van der Waals surface area contributed by atoms with Crippen molar-refractivity contribution in [2.45, 2.75) is 78.7 Å². The average Bonchev–Trinajstić information content (AvgIpc) is 3.96. The molecule has 2 aliphatic rings. The van der Waals surface area contributed by atoms with E-state index in [1.165, 1.54) is 99.1 Å². The number of thiophene rings is 1. The largest absolute Gasteiger partial charge is 0.334 e. The second kappa shape index (κ2) is 16.4. The van der Waals surface area contributed by atoms with Gasteiger partial charge < -0.3 is 9.80 Å². The Kier molecular flexibility index (Phi) is 10.7. The molecule has 0 radical (unpaired) electrons. The van der Waals surface area contributed by atoms with Gasteiger partial charge in [0.1, 0.15) is 0 Å². The monoisotopic (exact) mass is 862 g/mol. The molecular formula is C62H58N2S. The van der Waals surface area contributed by atoms with Crippen LogP contribution in [0.25, 0.3) is 43.1 Å². The summed E-state index contributed by atoms with van der Waals surface area (Å²) in [6.45, 7) is 22.4. The highest BCUT2D eigenvalue weighted by atomic mass is 32.1. The zero-order valence-corrected chi connectivity index (χ0v) is 39.9. The first-order valence-electron chi connectivity index (χ1n) is 23.1. The van der Waals surface area contributed by atoms with Crippen molar-refractivity contribution >= 4 is 39.8 Å². The molecule has 1 heterocycles. The van der Waals surface area contributed by atoms with Gasteiger partial charge in [-0.25, -0.2) is 0 Å². The Hall–Kier alpha value is -6.68. The topological polar surface area (TPSA) is 6.48 Å². The molecule has 2 nitrogen and oxygen atoms in total. The second-order valence-electron chi connectivity index (χ2n) is 19.2. The summed E-state index contributed by atoms with van der Waals surface area (Å²) in [5.41, 5.74) is 22.7. The fourth-order valence-corrected chi connectivity index (χ4v) is 11.3. The van der Waals surface area contributed by atoms with Crippen LogP contribution in [-0.4, -0.2) is 6.04 Å². The van der Waals surface area contributed by atoms with Gasteiger partial charge in [-0.05, 0) is 175 Å². The lowest BCUT2D eigenvalue weighted by molar-refractivity contribution is 0.660. The highest BCUT2D eigenvalue weighted by molar-refractivity contribution is 7.18. The number of fused-ring (bicyclic) bond motifs is 6. The van der Waals surface area contributed by atoms with Crippen molar-refractivity contribution in [3.8, 4) is 43.1 Å². The lowest BCUT2D eigenvalue weighted by Crippen LogP contribution is -2.29. The smallest absolute Gasteiger partial charge is 0.0554 e. The van der Waals surface area contributed by atoms with E-state index in [1.807, 2.05) is 11.3 Å². The van der Waals surface area contributed by atoms with E-state index in [9.17, 15) is 0 Å². The molecule has 10 rings (SSSR count). The first-order valence-corrected chi connectivity index (χ1v) is 23.9. The summed E-state index contributed by atoms with van der Waals surface area (Å²) in [6.07, 6.45) is 7.35. The molecular weight excluding hydrogens is 805 g/mol. The van der Waals surface area contributed by atoms with Gasteiger partial charge in [0.2, 0.25) is 0 Å². The van der Waals surface area contributed by atoms with Crippen molar-refractivity contribution in [1.29, 1.82) is 0 Å². The number of hydrogen-bond donors (Lipinski definition) is 0. The number of aryl methyl sites for hydroxylation is 3. The number of allylic oxidation sites excluding steroid dienone is 1. The predicted molar refractivity (Wildman–Crippen MR) is 281 cm³/mol.